The summed E-state index contributed by atoms with van der Waals surface area (Å²) in [7, 11) is 3.80. The average molecular weight is 555 g/mol. The van der Waals surface area contributed by atoms with Gasteiger partial charge in [0.25, 0.3) is 5.91 Å². The number of hydrogen-bond donors (Lipinski definition) is 4. The molecule has 3 aliphatic rings. The molecule has 11 heteroatoms. The van der Waals surface area contributed by atoms with Crippen LogP contribution in [0.25, 0.3) is 22.0 Å². The van der Waals surface area contributed by atoms with Crippen LogP contribution in [0.3, 0.4) is 0 Å². The molecule has 2 aromatic carbocycles. The normalized spacial score (nSPS) is 19.6. The fraction of sp³-hybridized carbons (Fsp3) is 0.172. The van der Waals surface area contributed by atoms with Gasteiger partial charge in [-0.25, -0.2) is 18.9 Å². The number of benzene rings is 2. The number of aliphatic imine (C=N–C) groups is 1. The minimum atomic E-state index is -1.18. The minimum absolute atomic E-state index is 0.0278. The summed E-state index contributed by atoms with van der Waals surface area (Å²) >= 11 is 1.51. The second-order valence-corrected chi connectivity index (χ2v) is 10.9. The Labute approximate surface area is 232 Å². The van der Waals surface area contributed by atoms with Gasteiger partial charge in [-0.05, 0) is 54.3 Å². The van der Waals surface area contributed by atoms with Crippen molar-refractivity contribution < 1.29 is 29.5 Å². The van der Waals surface area contributed by atoms with E-state index in [0.29, 0.717) is 39.1 Å². The van der Waals surface area contributed by atoms with Crippen LogP contribution in [0.15, 0.2) is 70.7 Å². The van der Waals surface area contributed by atoms with Gasteiger partial charge in [0.15, 0.2) is 5.69 Å². The SMILES string of the molecule is CSc1c(C2=C(c3c[nH]c4ccc(O)cc34)C(=O)N3c4ccc(O)cc4C4C=C(C(=O)O)N=C2C43)n(C)c[n+]1C. The number of nitrogens with zero attached hydrogens (tertiary/aromatic N) is 4. The lowest BCUT2D eigenvalue weighted by molar-refractivity contribution is -0.707. The first-order chi connectivity index (χ1) is 19.2. The van der Waals surface area contributed by atoms with Crippen LogP contribution < -0.4 is 9.47 Å². The average Bonchev–Trinajstić information content (AvgIpc) is 3.56. The number of thioether (sulfide) groups is 1. The largest absolute Gasteiger partial charge is 0.508 e. The highest BCUT2D eigenvalue weighted by atomic mass is 32.2. The van der Waals surface area contributed by atoms with Gasteiger partial charge in [-0.3, -0.25) is 9.69 Å². The molecular weight excluding hydrogens is 530 g/mol. The standard InChI is InChI=1S/C29H23N5O5S/c1-32-12-33(2)28(40-3)26(32)23-22(18-11-30-19-6-4-13(35)8-15(18)19)27(37)34-21-7-5-14(36)9-16(21)17-10-20(29(38)39)31-24(23)25(17)34/h4-12,17,25H,1-3H3,(H3-,30,31,35,36,37,38,39)/p+1. The molecule has 3 aliphatic heterocycles. The van der Waals surface area contributed by atoms with Crippen molar-refractivity contribution >= 4 is 57.1 Å². The van der Waals surface area contributed by atoms with E-state index in [1.807, 2.05) is 35.8 Å². The van der Waals surface area contributed by atoms with Crippen LogP contribution in [-0.2, 0) is 23.7 Å². The number of carbonyl (C=O) groups excluding carboxylic acids is 1. The molecule has 0 radical (unpaired) electrons. The number of anilines is 1. The molecule has 2 aromatic heterocycles. The number of aliphatic carboxylic acids is 1. The van der Waals surface area contributed by atoms with E-state index in [0.717, 1.165) is 16.2 Å². The van der Waals surface area contributed by atoms with Crippen LogP contribution in [0.1, 0.15) is 22.7 Å². The maximum Gasteiger partial charge on any atom is 0.354 e. The van der Waals surface area contributed by atoms with Crippen LogP contribution in [-0.4, -0.2) is 54.8 Å². The topological polar surface area (TPSA) is 135 Å². The summed E-state index contributed by atoms with van der Waals surface area (Å²) in [6.45, 7) is 0. The van der Waals surface area contributed by atoms with Crippen LogP contribution in [0, 0.1) is 0 Å². The van der Waals surface area contributed by atoms with E-state index < -0.39 is 17.9 Å². The molecule has 7 rings (SSSR count). The number of aryl methyl sites for hydroxylation is 2. The number of carboxylic acid groups (broad SMARTS) is 1. The number of aromatic nitrogens is 3. The Balaban J connectivity index is 1.64. The number of aromatic amines is 1. The van der Waals surface area contributed by atoms with Crippen molar-refractivity contribution in [1.29, 1.82) is 0 Å². The van der Waals surface area contributed by atoms with Crippen LogP contribution in [0.5, 0.6) is 11.5 Å². The van der Waals surface area contributed by atoms with Crippen LogP contribution in [0.2, 0.25) is 0 Å². The molecule has 0 saturated carbocycles. The van der Waals surface area contributed by atoms with E-state index in [4.69, 9.17) is 4.99 Å². The molecule has 4 aromatic rings. The molecule has 0 saturated heterocycles. The van der Waals surface area contributed by atoms with E-state index >= 15 is 0 Å². The smallest absolute Gasteiger partial charge is 0.354 e. The van der Waals surface area contributed by atoms with Gasteiger partial charge in [0, 0.05) is 34.3 Å². The quantitative estimate of drug-likeness (QED) is 0.226. The number of phenolic OH excluding ortho intramolecular Hbond substituents is 2. The zero-order valence-corrected chi connectivity index (χ0v) is 22.5. The Bertz CT molecular complexity index is 1910. The summed E-state index contributed by atoms with van der Waals surface area (Å²) in [6, 6.07) is 9.12. The van der Waals surface area contributed by atoms with Gasteiger partial charge < -0.3 is 20.3 Å². The van der Waals surface area contributed by atoms with Crippen LogP contribution >= 0.6 is 11.8 Å². The van der Waals surface area contributed by atoms with Crippen molar-refractivity contribution in [3.05, 3.63) is 77.5 Å². The first-order valence-electron chi connectivity index (χ1n) is 12.5. The number of aromatic hydroxyl groups is 2. The molecule has 40 heavy (non-hydrogen) atoms. The predicted octanol–water partition coefficient (Wildman–Crippen LogP) is 3.31. The van der Waals surface area contributed by atoms with E-state index in [2.05, 4.69) is 4.98 Å². The molecule has 2 atom stereocenters. The molecule has 0 bridgehead atoms. The van der Waals surface area contributed by atoms with E-state index in [1.54, 1.807) is 47.5 Å². The van der Waals surface area contributed by atoms with E-state index in [1.165, 1.54) is 17.8 Å². The van der Waals surface area contributed by atoms with Gasteiger partial charge in [-0.2, -0.15) is 0 Å². The highest BCUT2D eigenvalue weighted by Gasteiger charge is 2.53. The molecule has 10 nitrogen and oxygen atoms in total. The second-order valence-electron chi connectivity index (χ2n) is 10.1. The fourth-order valence-corrected chi connectivity index (χ4v) is 7.09. The van der Waals surface area contributed by atoms with Gasteiger partial charge in [0.1, 0.15) is 17.2 Å². The highest BCUT2D eigenvalue weighted by molar-refractivity contribution is 7.98. The van der Waals surface area contributed by atoms with Crippen molar-refractivity contribution in [2.24, 2.45) is 19.1 Å². The van der Waals surface area contributed by atoms with Gasteiger partial charge in [0.05, 0.1) is 37.0 Å². The number of carbonyl (C=O) groups is 2. The first-order valence-corrected chi connectivity index (χ1v) is 13.8. The van der Waals surface area contributed by atoms with Gasteiger partial charge in [-0.15, -0.1) is 0 Å². The van der Waals surface area contributed by atoms with Crippen molar-refractivity contribution in [2.45, 2.75) is 17.0 Å². The zero-order valence-electron chi connectivity index (χ0n) is 21.7. The lowest BCUT2D eigenvalue weighted by Gasteiger charge is -2.37. The Morgan fingerprint density at radius 2 is 1.88 bits per heavy atom. The third-order valence-electron chi connectivity index (χ3n) is 7.85. The molecule has 2 unspecified atom stereocenters. The third-order valence-corrected chi connectivity index (χ3v) is 8.72. The Morgan fingerprint density at radius 3 is 2.62 bits per heavy atom. The maximum absolute atomic E-state index is 14.7. The fourth-order valence-electron chi connectivity index (χ4n) is 6.32. The monoisotopic (exact) mass is 554 g/mol. The lowest BCUT2D eigenvalue weighted by Crippen LogP contribution is -2.50. The summed E-state index contributed by atoms with van der Waals surface area (Å²) in [5.41, 5.74) is 4.50. The summed E-state index contributed by atoms with van der Waals surface area (Å²) in [5, 5.41) is 32.3. The maximum atomic E-state index is 14.7. The Kier molecular flexibility index (Phi) is 5.08. The number of fused-ring (bicyclic) bond motifs is 4. The Hall–Kier alpha value is -4.77. The summed E-state index contributed by atoms with van der Waals surface area (Å²) in [5.74, 6) is -1.89. The summed E-state index contributed by atoms with van der Waals surface area (Å²) in [6.07, 6.45) is 7.15. The number of rotatable bonds is 4. The Morgan fingerprint density at radius 1 is 1.12 bits per heavy atom. The van der Waals surface area contributed by atoms with Crippen molar-refractivity contribution in [3.63, 3.8) is 0 Å². The van der Waals surface area contributed by atoms with Crippen molar-refractivity contribution in [2.75, 3.05) is 11.2 Å². The minimum Gasteiger partial charge on any atom is -0.508 e. The van der Waals surface area contributed by atoms with Crippen molar-refractivity contribution in [3.8, 4) is 11.5 Å². The number of phenols is 2. The number of amides is 1. The first kappa shape index (κ1) is 24.3. The number of H-pyrrole nitrogens is 1. The van der Waals surface area contributed by atoms with E-state index in [-0.39, 0.29) is 23.1 Å². The summed E-state index contributed by atoms with van der Waals surface area (Å²) in [4.78, 5) is 36.7. The molecule has 0 aliphatic carbocycles. The third kappa shape index (κ3) is 3.18. The van der Waals surface area contributed by atoms with Gasteiger partial charge in [0.2, 0.25) is 11.4 Å². The number of hydrogen-bond acceptors (Lipinski definition) is 6. The van der Waals surface area contributed by atoms with E-state index in [9.17, 15) is 24.9 Å². The van der Waals surface area contributed by atoms with Crippen molar-refractivity contribution in [1.82, 2.24) is 9.55 Å². The number of imidazole rings is 1. The molecule has 0 fully saturated rings. The molecule has 0 spiro atoms. The second kappa shape index (κ2) is 8.36. The predicted molar refractivity (Wildman–Crippen MR) is 150 cm³/mol. The summed E-state index contributed by atoms with van der Waals surface area (Å²) < 4.78 is 3.87. The van der Waals surface area contributed by atoms with Gasteiger partial charge >= 0.3 is 5.97 Å². The molecule has 4 N–H and O–H groups in total. The van der Waals surface area contributed by atoms with Crippen LogP contribution in [0.4, 0.5) is 5.69 Å². The van der Waals surface area contributed by atoms with Gasteiger partial charge in [-0.1, -0.05) is 11.8 Å². The number of nitrogens with one attached hydrogen (secondary N) is 1. The lowest BCUT2D eigenvalue weighted by atomic mass is 9.80. The molecule has 1 amide bonds. The number of carboxylic acids is 1. The zero-order chi connectivity index (χ0) is 28.0. The molecule has 5 heterocycles. The molecular formula is C29H24N5O5S+. The molecule has 200 valence electrons. The highest BCUT2D eigenvalue weighted by Crippen LogP contribution is 2.53.